The fourth-order valence-corrected chi connectivity index (χ4v) is 0.918. The molecule has 0 unspecified atom stereocenters. The molecule has 48 valence electrons. The molecule has 0 bridgehead atoms. The molecule has 0 aromatic heterocycles. The maximum Gasteiger partial charge on any atom is 2.00 e. The molecule has 0 heterocycles. The first-order valence-corrected chi connectivity index (χ1v) is 4.10. The van der Waals surface area contributed by atoms with Crippen molar-refractivity contribution in [3.63, 3.8) is 0 Å². The van der Waals surface area contributed by atoms with E-state index < -0.39 is 0 Å². The van der Waals surface area contributed by atoms with E-state index in [1.165, 1.54) is 31.0 Å². The van der Waals surface area contributed by atoms with Gasteiger partial charge in [-0.25, -0.2) is 0 Å². The summed E-state index contributed by atoms with van der Waals surface area (Å²) in [6.07, 6.45) is 5.47. The van der Waals surface area contributed by atoms with Crippen molar-refractivity contribution in [3.05, 3.63) is 0 Å². The van der Waals surface area contributed by atoms with E-state index in [1.54, 1.807) is 0 Å². The van der Waals surface area contributed by atoms with Crippen LogP contribution in [0.1, 0.15) is 35.5 Å². The zero-order valence-corrected chi connectivity index (χ0v) is 8.62. The molecule has 0 rings (SSSR count). The quantitative estimate of drug-likeness (QED) is 0.364. The topological polar surface area (TPSA) is 0 Å². The molecule has 0 aromatic carbocycles. The molecule has 0 saturated carbocycles. The standard InChI is InChI=1S/C6H13Br.Mg.2H/c1-2-3-4-5-6-7;;;/h2-6H2,1H3;;;/q;+2;2*-1. The molecule has 0 aliphatic heterocycles. The van der Waals surface area contributed by atoms with Crippen molar-refractivity contribution in [3.8, 4) is 0 Å². The largest absolute Gasteiger partial charge is 2.00 e. The van der Waals surface area contributed by atoms with Gasteiger partial charge in [-0.15, -0.1) is 0 Å². The van der Waals surface area contributed by atoms with Crippen LogP contribution in [0.5, 0.6) is 0 Å². The van der Waals surface area contributed by atoms with Crippen molar-refractivity contribution in [1.82, 2.24) is 0 Å². The van der Waals surface area contributed by atoms with Crippen LogP contribution in [0.3, 0.4) is 0 Å². The zero-order chi connectivity index (χ0) is 5.54. The van der Waals surface area contributed by atoms with Gasteiger partial charge in [-0.2, -0.15) is 0 Å². The monoisotopic (exact) mass is 190 g/mol. The summed E-state index contributed by atoms with van der Waals surface area (Å²) < 4.78 is 0. The number of halogens is 1. The smallest absolute Gasteiger partial charge is 1.00 e. The minimum absolute atomic E-state index is 0. The van der Waals surface area contributed by atoms with Crippen LogP contribution in [-0.4, -0.2) is 28.4 Å². The third kappa shape index (κ3) is 10.3. The molecule has 0 fully saturated rings. The number of hydrogen-bond donors (Lipinski definition) is 0. The van der Waals surface area contributed by atoms with Crippen molar-refractivity contribution in [2.24, 2.45) is 0 Å². The van der Waals surface area contributed by atoms with E-state index in [-0.39, 0.29) is 25.9 Å². The Morgan fingerprint density at radius 2 is 1.88 bits per heavy atom. The van der Waals surface area contributed by atoms with E-state index in [2.05, 4.69) is 22.9 Å². The Labute approximate surface area is 79.7 Å². The molecular weight excluding hydrogens is 176 g/mol. The summed E-state index contributed by atoms with van der Waals surface area (Å²) in [4.78, 5) is 0. The zero-order valence-electron chi connectivity index (χ0n) is 7.62. The summed E-state index contributed by atoms with van der Waals surface area (Å²) in [6.45, 7) is 2.23. The molecule has 0 saturated heterocycles. The number of alkyl halides is 1. The molecule has 0 aromatic rings. The van der Waals surface area contributed by atoms with Crippen LogP contribution in [-0.2, 0) is 0 Å². The minimum Gasteiger partial charge on any atom is -1.00 e. The Hall–Kier alpha value is 1.25. The van der Waals surface area contributed by atoms with E-state index in [1.807, 2.05) is 0 Å². The number of unbranched alkanes of at least 4 members (excludes halogenated alkanes) is 3. The third-order valence-electron chi connectivity index (χ3n) is 0.987. The van der Waals surface area contributed by atoms with Gasteiger partial charge in [0, 0.05) is 5.33 Å². The summed E-state index contributed by atoms with van der Waals surface area (Å²) in [6, 6.07) is 0. The fraction of sp³-hybridized carbons (Fsp3) is 1.00. The van der Waals surface area contributed by atoms with Crippen molar-refractivity contribution in [2.45, 2.75) is 32.6 Å². The molecule has 0 spiro atoms. The second-order valence-electron chi connectivity index (χ2n) is 1.75. The number of rotatable bonds is 4. The average Bonchev–Trinajstić information content (AvgIpc) is 1.69. The normalized spacial score (nSPS) is 8.25. The van der Waals surface area contributed by atoms with Crippen LogP contribution in [0.25, 0.3) is 0 Å². The molecule has 0 amide bonds. The molecule has 0 radical (unpaired) electrons. The Bertz CT molecular complexity index is 34.9. The third-order valence-corrected chi connectivity index (χ3v) is 1.55. The summed E-state index contributed by atoms with van der Waals surface area (Å²) >= 11 is 3.38. The Morgan fingerprint density at radius 1 is 1.25 bits per heavy atom. The molecule has 0 atom stereocenters. The van der Waals surface area contributed by atoms with Crippen LogP contribution in [0.4, 0.5) is 0 Å². The Kier molecular flexibility index (Phi) is 16.6. The predicted octanol–water partition coefficient (Wildman–Crippen LogP) is 2.81. The van der Waals surface area contributed by atoms with Crippen LogP contribution in [0.2, 0.25) is 0 Å². The van der Waals surface area contributed by atoms with E-state index in [4.69, 9.17) is 0 Å². The fourth-order valence-electron chi connectivity index (χ4n) is 0.521. The van der Waals surface area contributed by atoms with Gasteiger partial charge in [-0.1, -0.05) is 42.1 Å². The van der Waals surface area contributed by atoms with Gasteiger partial charge in [-0.05, 0) is 6.42 Å². The van der Waals surface area contributed by atoms with Gasteiger partial charge in [0.05, 0.1) is 0 Å². The molecule has 0 N–H and O–H groups in total. The minimum atomic E-state index is 0. The van der Waals surface area contributed by atoms with Crippen LogP contribution in [0, 0.1) is 0 Å². The van der Waals surface area contributed by atoms with Gasteiger partial charge < -0.3 is 2.85 Å². The maximum absolute atomic E-state index is 3.38. The van der Waals surface area contributed by atoms with E-state index in [9.17, 15) is 0 Å². The maximum atomic E-state index is 3.38. The van der Waals surface area contributed by atoms with Gasteiger partial charge in [0.2, 0.25) is 0 Å². The first-order valence-electron chi connectivity index (χ1n) is 2.97. The molecule has 0 aliphatic rings. The summed E-state index contributed by atoms with van der Waals surface area (Å²) in [5, 5.41) is 1.17. The van der Waals surface area contributed by atoms with Gasteiger partial charge in [0.25, 0.3) is 0 Å². The molecule has 0 aliphatic carbocycles. The first kappa shape index (κ1) is 12.0. The van der Waals surface area contributed by atoms with E-state index >= 15 is 0 Å². The molecule has 8 heavy (non-hydrogen) atoms. The van der Waals surface area contributed by atoms with E-state index in [0.29, 0.717) is 0 Å². The second kappa shape index (κ2) is 11.1. The van der Waals surface area contributed by atoms with E-state index in [0.717, 1.165) is 0 Å². The van der Waals surface area contributed by atoms with Crippen molar-refractivity contribution < 1.29 is 2.85 Å². The van der Waals surface area contributed by atoms with Crippen molar-refractivity contribution >= 4 is 39.0 Å². The first-order chi connectivity index (χ1) is 3.41. The van der Waals surface area contributed by atoms with Gasteiger partial charge in [0.15, 0.2) is 0 Å². The molecule has 2 heteroatoms. The average molecular weight is 191 g/mol. The SMILES string of the molecule is CCCCCCBr.[H-].[H-].[Mg+2]. The van der Waals surface area contributed by atoms with Crippen molar-refractivity contribution in [1.29, 1.82) is 0 Å². The summed E-state index contributed by atoms with van der Waals surface area (Å²) in [5.41, 5.74) is 0. The van der Waals surface area contributed by atoms with Crippen LogP contribution < -0.4 is 0 Å². The van der Waals surface area contributed by atoms with Gasteiger partial charge >= 0.3 is 23.1 Å². The predicted molar refractivity (Wildman–Crippen MR) is 45.9 cm³/mol. The van der Waals surface area contributed by atoms with Crippen LogP contribution in [0.15, 0.2) is 0 Å². The number of hydrogen-bond acceptors (Lipinski definition) is 0. The van der Waals surface area contributed by atoms with Crippen LogP contribution >= 0.6 is 15.9 Å². The van der Waals surface area contributed by atoms with Gasteiger partial charge in [-0.3, -0.25) is 0 Å². The summed E-state index contributed by atoms with van der Waals surface area (Å²) in [5.74, 6) is 0. The molecular formula is C6H15BrMg. The summed E-state index contributed by atoms with van der Waals surface area (Å²) in [7, 11) is 0. The van der Waals surface area contributed by atoms with Gasteiger partial charge in [0.1, 0.15) is 0 Å². The molecule has 0 nitrogen and oxygen atoms in total. The Balaban J connectivity index is -0.0000000600. The Morgan fingerprint density at radius 3 is 2.25 bits per heavy atom. The second-order valence-corrected chi connectivity index (χ2v) is 2.54. The van der Waals surface area contributed by atoms with Crippen molar-refractivity contribution in [2.75, 3.05) is 5.33 Å².